The summed E-state index contributed by atoms with van der Waals surface area (Å²) in [4.78, 5) is 47.2. The molecule has 0 spiro atoms. The molecule has 2 aromatic heterocycles. The number of benzene rings is 2. The molecule has 43 heavy (non-hydrogen) atoms. The third-order valence-corrected chi connectivity index (χ3v) is 7.87. The maximum atomic E-state index is 13.7. The van der Waals surface area contributed by atoms with E-state index in [0.29, 0.717) is 35.4 Å². The first-order chi connectivity index (χ1) is 20.2. The smallest absolute Gasteiger partial charge is 0.435 e. The standard InChI is InChI=1S/C29H34F2N5O6P/c1-7-22(36(8-2)26(37)20-10-9-11-24(17(20)3)41-28(30)31)25-34-21-13-12-18(14-23(21)35(25)6)19-15-32-27(33-16-19)29(4,5)42-43(38,39)40/h9-16,22,28H,7-8H2,1-6H3,(H2,38,39,40)/t22-/m1/s1. The number of hydrogen-bond acceptors (Lipinski definition) is 7. The summed E-state index contributed by atoms with van der Waals surface area (Å²) in [7, 11) is -2.89. The van der Waals surface area contributed by atoms with Crippen LogP contribution in [-0.4, -0.2) is 53.3 Å². The molecule has 2 N–H and O–H groups in total. The van der Waals surface area contributed by atoms with Gasteiger partial charge in [-0.2, -0.15) is 8.78 Å². The number of fused-ring (bicyclic) bond motifs is 1. The Kier molecular flexibility index (Phi) is 9.31. The zero-order valence-electron chi connectivity index (χ0n) is 24.7. The van der Waals surface area contributed by atoms with E-state index in [1.54, 1.807) is 30.3 Å². The number of carbonyl (C=O) groups excluding carboxylic acids is 1. The highest BCUT2D eigenvalue weighted by Gasteiger charge is 2.33. The van der Waals surface area contributed by atoms with Crippen LogP contribution in [0.5, 0.6) is 5.75 Å². The van der Waals surface area contributed by atoms with Crippen LogP contribution in [-0.2, 0) is 21.7 Å². The van der Waals surface area contributed by atoms with Gasteiger partial charge in [-0.15, -0.1) is 0 Å². The number of alkyl halides is 2. The van der Waals surface area contributed by atoms with Crippen molar-refractivity contribution in [3.05, 3.63) is 71.6 Å². The number of ether oxygens (including phenoxy) is 1. The van der Waals surface area contributed by atoms with Crippen LogP contribution in [0, 0.1) is 6.92 Å². The van der Waals surface area contributed by atoms with Gasteiger partial charge in [0.1, 0.15) is 17.2 Å². The van der Waals surface area contributed by atoms with Gasteiger partial charge in [0.2, 0.25) is 0 Å². The van der Waals surface area contributed by atoms with Crippen molar-refractivity contribution in [1.29, 1.82) is 0 Å². The fourth-order valence-electron chi connectivity index (χ4n) is 5.08. The molecule has 0 fully saturated rings. The fourth-order valence-corrected chi connectivity index (χ4v) is 5.76. The van der Waals surface area contributed by atoms with Crippen molar-refractivity contribution in [1.82, 2.24) is 24.4 Å². The van der Waals surface area contributed by atoms with Gasteiger partial charge in [0.15, 0.2) is 5.82 Å². The molecule has 0 radical (unpaired) electrons. The lowest BCUT2D eigenvalue weighted by Crippen LogP contribution is -2.36. The third-order valence-electron chi connectivity index (χ3n) is 7.18. The van der Waals surface area contributed by atoms with Gasteiger partial charge in [0.25, 0.3) is 5.91 Å². The van der Waals surface area contributed by atoms with E-state index >= 15 is 0 Å². The Bertz CT molecular complexity index is 1670. The molecule has 0 bridgehead atoms. The second kappa shape index (κ2) is 12.5. The predicted molar refractivity (Wildman–Crippen MR) is 155 cm³/mol. The van der Waals surface area contributed by atoms with E-state index in [-0.39, 0.29) is 23.0 Å². The summed E-state index contributed by atoms with van der Waals surface area (Å²) in [5.74, 6) is 0.405. The molecular formula is C29H34F2N5O6P. The molecule has 4 rings (SSSR count). The first-order valence-electron chi connectivity index (χ1n) is 13.6. The Morgan fingerprint density at radius 1 is 1.12 bits per heavy atom. The lowest BCUT2D eigenvalue weighted by Gasteiger charge is -2.30. The van der Waals surface area contributed by atoms with E-state index in [0.717, 1.165) is 11.1 Å². The molecule has 0 unspecified atom stereocenters. The topological polar surface area (TPSA) is 140 Å². The number of carbonyl (C=O) groups is 1. The summed E-state index contributed by atoms with van der Waals surface area (Å²) < 4.78 is 48.5. The van der Waals surface area contributed by atoms with Crippen molar-refractivity contribution in [3.63, 3.8) is 0 Å². The number of rotatable bonds is 11. The van der Waals surface area contributed by atoms with Gasteiger partial charge in [-0.05, 0) is 63.9 Å². The first kappa shape index (κ1) is 32.2. The monoisotopic (exact) mass is 617 g/mol. The summed E-state index contributed by atoms with van der Waals surface area (Å²) in [5, 5.41) is 0. The zero-order valence-corrected chi connectivity index (χ0v) is 25.5. The van der Waals surface area contributed by atoms with Gasteiger partial charge in [-0.25, -0.2) is 19.5 Å². The number of nitrogens with zero attached hydrogens (tertiary/aromatic N) is 5. The number of aromatic nitrogens is 4. The van der Waals surface area contributed by atoms with Crippen LogP contribution in [0.15, 0.2) is 48.8 Å². The largest absolute Gasteiger partial charge is 0.470 e. The number of imidazole rings is 1. The van der Waals surface area contributed by atoms with Gasteiger partial charge in [-0.1, -0.05) is 19.1 Å². The molecule has 230 valence electrons. The van der Waals surface area contributed by atoms with E-state index in [4.69, 9.17) is 9.51 Å². The van der Waals surface area contributed by atoms with Crippen LogP contribution >= 0.6 is 7.82 Å². The summed E-state index contributed by atoms with van der Waals surface area (Å²) in [6, 6.07) is 9.74. The summed E-state index contributed by atoms with van der Waals surface area (Å²) in [6.07, 6.45) is 3.65. The van der Waals surface area contributed by atoms with Crippen molar-refractivity contribution in [2.24, 2.45) is 7.05 Å². The normalized spacial score (nSPS) is 13.0. The number of phosphoric acid groups is 1. The van der Waals surface area contributed by atoms with Gasteiger partial charge < -0.3 is 24.0 Å². The van der Waals surface area contributed by atoms with E-state index in [9.17, 15) is 27.9 Å². The van der Waals surface area contributed by atoms with Crippen LogP contribution in [0.2, 0.25) is 0 Å². The van der Waals surface area contributed by atoms with Gasteiger partial charge >= 0.3 is 14.4 Å². The number of hydrogen-bond donors (Lipinski definition) is 2. The van der Waals surface area contributed by atoms with E-state index in [1.807, 2.05) is 43.7 Å². The molecule has 0 aliphatic heterocycles. The molecule has 2 heterocycles. The number of amides is 1. The fraction of sp³-hybridized carbons (Fsp3) is 0.379. The number of phosphoric ester groups is 1. The minimum Gasteiger partial charge on any atom is -0.435 e. The van der Waals surface area contributed by atoms with Gasteiger partial charge in [0.05, 0.1) is 17.1 Å². The van der Waals surface area contributed by atoms with E-state index in [2.05, 4.69) is 14.7 Å². The molecule has 1 atom stereocenters. The molecule has 0 saturated carbocycles. The van der Waals surface area contributed by atoms with Crippen LogP contribution in [0.3, 0.4) is 0 Å². The van der Waals surface area contributed by atoms with Crippen LogP contribution in [0.1, 0.15) is 67.7 Å². The minimum atomic E-state index is -4.75. The summed E-state index contributed by atoms with van der Waals surface area (Å²) in [6.45, 7) is 5.67. The molecule has 0 aliphatic rings. The van der Waals surface area contributed by atoms with Crippen molar-refractivity contribution in [3.8, 4) is 16.9 Å². The maximum Gasteiger partial charge on any atom is 0.470 e. The van der Waals surface area contributed by atoms with E-state index < -0.39 is 26.1 Å². The quantitative estimate of drug-likeness (QED) is 0.197. The molecule has 4 aromatic rings. The average Bonchev–Trinajstić information content (AvgIpc) is 3.26. The molecule has 0 saturated heterocycles. The molecule has 2 aromatic carbocycles. The molecule has 11 nitrogen and oxygen atoms in total. The van der Waals surface area contributed by atoms with Crippen molar-refractivity contribution >= 4 is 24.8 Å². The summed E-state index contributed by atoms with van der Waals surface area (Å²) >= 11 is 0. The average molecular weight is 618 g/mol. The summed E-state index contributed by atoms with van der Waals surface area (Å²) in [5.41, 5.74) is 2.15. The number of halogens is 2. The lowest BCUT2D eigenvalue weighted by molar-refractivity contribution is -0.0503. The molecule has 14 heteroatoms. The van der Waals surface area contributed by atoms with Crippen molar-refractivity contribution < 1.29 is 37.2 Å². The predicted octanol–water partition coefficient (Wildman–Crippen LogP) is 5.90. The Labute approximate surface area is 247 Å². The van der Waals surface area contributed by atoms with Gasteiger partial charge in [0, 0.05) is 42.7 Å². The molecule has 1 amide bonds. The first-order valence-corrected chi connectivity index (χ1v) is 15.1. The van der Waals surface area contributed by atoms with Crippen LogP contribution in [0.25, 0.3) is 22.2 Å². The second-order valence-electron chi connectivity index (χ2n) is 10.4. The Hall–Kier alpha value is -3.77. The van der Waals surface area contributed by atoms with Crippen LogP contribution < -0.4 is 4.74 Å². The molecular weight excluding hydrogens is 583 g/mol. The van der Waals surface area contributed by atoms with Crippen molar-refractivity contribution in [2.75, 3.05) is 6.54 Å². The Morgan fingerprint density at radius 2 is 1.79 bits per heavy atom. The highest BCUT2D eigenvalue weighted by Crippen LogP contribution is 2.44. The Morgan fingerprint density at radius 3 is 2.37 bits per heavy atom. The maximum absolute atomic E-state index is 13.7. The van der Waals surface area contributed by atoms with Gasteiger partial charge in [-0.3, -0.25) is 9.32 Å². The molecule has 0 aliphatic carbocycles. The van der Waals surface area contributed by atoms with Crippen LogP contribution in [0.4, 0.5) is 8.78 Å². The lowest BCUT2D eigenvalue weighted by atomic mass is 10.0. The van der Waals surface area contributed by atoms with E-state index in [1.165, 1.54) is 26.0 Å². The van der Waals surface area contributed by atoms with Crippen molar-refractivity contribution in [2.45, 2.75) is 59.3 Å². The second-order valence-corrected chi connectivity index (χ2v) is 11.6. The SMILES string of the molecule is CC[C@H](c1nc2ccc(-c3cnc(C(C)(C)OP(=O)(O)O)nc3)cc2n1C)N(CC)C(=O)c1cccc(OC(F)F)c1C. The minimum absolute atomic E-state index is 0.0462. The zero-order chi connectivity index (χ0) is 31.7. The highest BCUT2D eigenvalue weighted by atomic mass is 31.2. The third kappa shape index (κ3) is 6.91. The number of aryl methyl sites for hydroxylation is 1. The highest BCUT2D eigenvalue weighted by molar-refractivity contribution is 7.46. The Balaban J connectivity index is 1.66.